The summed E-state index contributed by atoms with van der Waals surface area (Å²) in [6.07, 6.45) is 1.52. The van der Waals surface area contributed by atoms with Crippen LogP contribution in [-0.2, 0) is 22.4 Å². The molecule has 2 rings (SSSR count). The van der Waals surface area contributed by atoms with E-state index in [9.17, 15) is 18.9 Å². The van der Waals surface area contributed by atoms with Crippen molar-refractivity contribution in [2.45, 2.75) is 25.7 Å². The van der Waals surface area contributed by atoms with Gasteiger partial charge < -0.3 is 5.32 Å². The number of nitroso groups, excluding NO2 is 1. The van der Waals surface area contributed by atoms with Crippen LogP contribution in [0.5, 0.6) is 0 Å². The van der Waals surface area contributed by atoms with E-state index in [0.717, 1.165) is 11.1 Å². The van der Waals surface area contributed by atoms with Crippen LogP contribution in [0.25, 0.3) is 0 Å². The van der Waals surface area contributed by atoms with Crippen LogP contribution in [-0.4, -0.2) is 11.8 Å². The largest absolute Gasteiger partial charge is 0.326 e. The number of aryl methyl sites for hydroxylation is 1. The van der Waals surface area contributed by atoms with Crippen molar-refractivity contribution in [2.24, 2.45) is 5.18 Å². The van der Waals surface area contributed by atoms with Gasteiger partial charge in [-0.2, -0.15) is 0 Å². The van der Waals surface area contributed by atoms with Crippen LogP contribution in [0.4, 0.5) is 10.1 Å². The predicted molar refractivity (Wildman–Crippen MR) is 88.9 cm³/mol. The predicted octanol–water partition coefficient (Wildman–Crippen LogP) is 3.62. The molecule has 0 saturated heterocycles. The molecule has 0 heterocycles. The highest BCUT2D eigenvalue weighted by molar-refractivity contribution is 5.92. The van der Waals surface area contributed by atoms with Crippen LogP contribution in [0.15, 0.2) is 53.7 Å². The number of rotatable bonds is 7. The maximum atomic E-state index is 12.8. The van der Waals surface area contributed by atoms with Gasteiger partial charge in [0.15, 0.2) is 0 Å². The first-order chi connectivity index (χ1) is 11.6. The summed E-state index contributed by atoms with van der Waals surface area (Å²) >= 11 is 0. The molecular formula is C18H17FN2O3. The molecule has 0 radical (unpaired) electrons. The number of carbonyl (C=O) groups excluding carboxylic acids is 2. The van der Waals surface area contributed by atoms with E-state index in [1.807, 2.05) is 12.1 Å². The van der Waals surface area contributed by atoms with E-state index in [2.05, 4.69) is 10.5 Å². The van der Waals surface area contributed by atoms with Crippen LogP contribution >= 0.6 is 0 Å². The van der Waals surface area contributed by atoms with E-state index in [4.69, 9.17) is 0 Å². The third kappa shape index (κ3) is 5.72. The van der Waals surface area contributed by atoms with E-state index in [1.54, 1.807) is 24.3 Å². The SMILES string of the molecule is O=NC(=O)CCCc1ccc(NC(=O)Cc2ccc(F)cc2)cc1. The Labute approximate surface area is 138 Å². The van der Waals surface area contributed by atoms with Crippen molar-refractivity contribution in [3.63, 3.8) is 0 Å². The average Bonchev–Trinajstić information content (AvgIpc) is 2.58. The summed E-state index contributed by atoms with van der Waals surface area (Å²) in [6, 6.07) is 13.1. The molecule has 2 amide bonds. The molecule has 124 valence electrons. The van der Waals surface area contributed by atoms with Crippen molar-refractivity contribution in [1.82, 2.24) is 0 Å². The molecule has 0 spiro atoms. The van der Waals surface area contributed by atoms with Gasteiger partial charge in [-0.1, -0.05) is 24.3 Å². The number of nitrogens with one attached hydrogen (secondary N) is 1. The molecule has 0 aliphatic carbocycles. The van der Waals surface area contributed by atoms with Crippen LogP contribution in [0, 0.1) is 10.7 Å². The fraction of sp³-hybridized carbons (Fsp3) is 0.222. The summed E-state index contributed by atoms with van der Waals surface area (Å²) in [5.41, 5.74) is 2.40. The van der Waals surface area contributed by atoms with E-state index in [0.29, 0.717) is 18.5 Å². The monoisotopic (exact) mass is 328 g/mol. The molecule has 0 unspecified atom stereocenters. The molecule has 0 aromatic heterocycles. The van der Waals surface area contributed by atoms with E-state index < -0.39 is 5.91 Å². The molecular weight excluding hydrogens is 311 g/mol. The highest BCUT2D eigenvalue weighted by Crippen LogP contribution is 2.13. The Balaban J connectivity index is 1.82. The summed E-state index contributed by atoms with van der Waals surface area (Å²) in [6.45, 7) is 0. The maximum Gasteiger partial charge on any atom is 0.286 e. The van der Waals surface area contributed by atoms with Gasteiger partial charge in [-0.3, -0.25) is 9.59 Å². The van der Waals surface area contributed by atoms with Gasteiger partial charge in [-0.05, 0) is 48.2 Å². The number of hydrogen-bond acceptors (Lipinski definition) is 3. The molecule has 2 aromatic carbocycles. The highest BCUT2D eigenvalue weighted by atomic mass is 19.1. The van der Waals surface area contributed by atoms with Gasteiger partial charge in [-0.15, -0.1) is 4.91 Å². The first-order valence-electron chi connectivity index (χ1n) is 7.56. The summed E-state index contributed by atoms with van der Waals surface area (Å²) < 4.78 is 12.8. The van der Waals surface area contributed by atoms with Crippen molar-refractivity contribution in [2.75, 3.05) is 5.32 Å². The standard InChI is InChI=1S/C18H17FN2O3/c19-15-8-4-14(5-9-15)12-18(23)20-16-10-6-13(7-11-16)2-1-3-17(22)21-24/h4-11H,1-3,12H2,(H,20,23). The third-order valence-electron chi connectivity index (χ3n) is 3.47. The number of benzene rings is 2. The van der Waals surface area contributed by atoms with E-state index >= 15 is 0 Å². The smallest absolute Gasteiger partial charge is 0.286 e. The Morgan fingerprint density at radius 2 is 1.58 bits per heavy atom. The van der Waals surface area contributed by atoms with Gasteiger partial charge in [0, 0.05) is 17.3 Å². The molecule has 0 saturated carbocycles. The second-order valence-electron chi connectivity index (χ2n) is 5.39. The normalized spacial score (nSPS) is 10.2. The molecule has 2 aromatic rings. The number of anilines is 1. The minimum absolute atomic E-state index is 0.139. The molecule has 5 nitrogen and oxygen atoms in total. The zero-order chi connectivity index (χ0) is 17.4. The summed E-state index contributed by atoms with van der Waals surface area (Å²) in [7, 11) is 0. The number of halogens is 1. The molecule has 0 atom stereocenters. The Morgan fingerprint density at radius 3 is 2.21 bits per heavy atom. The van der Waals surface area contributed by atoms with Crippen molar-refractivity contribution < 1.29 is 14.0 Å². The lowest BCUT2D eigenvalue weighted by atomic mass is 10.1. The molecule has 0 aliphatic rings. The van der Waals surface area contributed by atoms with Gasteiger partial charge in [0.25, 0.3) is 5.91 Å². The molecule has 1 N–H and O–H groups in total. The Kier molecular flexibility index (Phi) is 6.31. The van der Waals surface area contributed by atoms with Crippen LogP contribution in [0.2, 0.25) is 0 Å². The fourth-order valence-electron chi connectivity index (χ4n) is 2.24. The second kappa shape index (κ2) is 8.67. The topological polar surface area (TPSA) is 75.6 Å². The highest BCUT2D eigenvalue weighted by Gasteiger charge is 2.05. The Hall–Kier alpha value is -2.89. The number of nitrogens with zero attached hydrogens (tertiary/aromatic N) is 1. The summed E-state index contributed by atoms with van der Waals surface area (Å²) in [5, 5.41) is 5.12. The Morgan fingerprint density at radius 1 is 0.958 bits per heavy atom. The van der Waals surface area contributed by atoms with Crippen molar-refractivity contribution >= 4 is 17.5 Å². The maximum absolute atomic E-state index is 12.8. The average molecular weight is 328 g/mol. The van der Waals surface area contributed by atoms with Crippen LogP contribution < -0.4 is 5.32 Å². The molecule has 0 bridgehead atoms. The fourth-order valence-corrected chi connectivity index (χ4v) is 2.24. The quantitative estimate of drug-likeness (QED) is 0.789. The van der Waals surface area contributed by atoms with Gasteiger partial charge in [0.05, 0.1) is 6.42 Å². The van der Waals surface area contributed by atoms with Crippen molar-refractivity contribution in [3.05, 3.63) is 70.4 Å². The van der Waals surface area contributed by atoms with E-state index in [1.165, 1.54) is 12.1 Å². The van der Waals surface area contributed by atoms with Gasteiger partial charge in [0.2, 0.25) is 5.91 Å². The first-order valence-corrected chi connectivity index (χ1v) is 7.56. The zero-order valence-electron chi connectivity index (χ0n) is 13.0. The van der Waals surface area contributed by atoms with Crippen molar-refractivity contribution in [3.8, 4) is 0 Å². The summed E-state index contributed by atoms with van der Waals surface area (Å²) in [5.74, 6) is -1.16. The molecule has 0 aliphatic heterocycles. The van der Waals surface area contributed by atoms with Gasteiger partial charge in [0.1, 0.15) is 5.82 Å². The number of hydrogen-bond donors (Lipinski definition) is 1. The lowest BCUT2D eigenvalue weighted by Crippen LogP contribution is -2.14. The minimum Gasteiger partial charge on any atom is -0.326 e. The second-order valence-corrected chi connectivity index (χ2v) is 5.39. The lowest BCUT2D eigenvalue weighted by Gasteiger charge is -2.07. The molecule has 24 heavy (non-hydrogen) atoms. The lowest BCUT2D eigenvalue weighted by molar-refractivity contribution is -0.118. The summed E-state index contributed by atoms with van der Waals surface area (Å²) in [4.78, 5) is 32.7. The van der Waals surface area contributed by atoms with Crippen LogP contribution in [0.3, 0.4) is 0 Å². The van der Waals surface area contributed by atoms with Crippen LogP contribution in [0.1, 0.15) is 24.0 Å². The van der Waals surface area contributed by atoms with Gasteiger partial charge in [-0.25, -0.2) is 4.39 Å². The third-order valence-corrected chi connectivity index (χ3v) is 3.47. The Bertz CT molecular complexity index is 712. The van der Waals surface area contributed by atoms with E-state index in [-0.39, 0.29) is 24.6 Å². The van der Waals surface area contributed by atoms with Crippen molar-refractivity contribution in [1.29, 1.82) is 0 Å². The zero-order valence-corrected chi connectivity index (χ0v) is 13.0. The number of carbonyl (C=O) groups is 2. The molecule has 6 heteroatoms. The molecule has 0 fully saturated rings. The minimum atomic E-state index is -0.639. The van der Waals surface area contributed by atoms with Gasteiger partial charge >= 0.3 is 0 Å². The first kappa shape index (κ1) is 17.5. The number of amides is 2.